The molecule has 0 unspecified atom stereocenters. The molecule has 1 heterocycles. The Labute approximate surface area is 114 Å². The number of nitrogens with two attached hydrogens (primary N) is 1. The van der Waals surface area contributed by atoms with Crippen LogP contribution in [0, 0.1) is 0 Å². The first-order chi connectivity index (χ1) is 9.08. The number of hydrogen-bond donors (Lipinski definition) is 3. The van der Waals surface area contributed by atoms with Gasteiger partial charge in [-0.1, -0.05) is 13.8 Å². The molecule has 1 aromatic rings. The molecule has 0 aliphatic heterocycles. The van der Waals surface area contributed by atoms with Gasteiger partial charge in [0.15, 0.2) is 0 Å². The topological polar surface area (TPSA) is 80.0 Å². The minimum atomic E-state index is -0.415. The van der Waals surface area contributed by atoms with Crippen molar-refractivity contribution in [2.45, 2.75) is 39.2 Å². The zero-order valence-electron chi connectivity index (χ0n) is 11.6. The molecule has 0 saturated heterocycles. The van der Waals surface area contributed by atoms with Gasteiger partial charge in [0.05, 0.1) is 5.56 Å². The standard InChI is InChI=1S/C14H22N4O/c1-9(2)16-6-7-17-14-11(13(15)19)8-10-4-3-5-12(10)18-14/h8-9,16H,3-7H2,1-2H3,(H2,15,19)(H,17,18). The third kappa shape index (κ3) is 3.44. The minimum absolute atomic E-state index is 0.415. The lowest BCUT2D eigenvalue weighted by molar-refractivity contribution is 0.100. The molecule has 0 bridgehead atoms. The molecule has 4 N–H and O–H groups in total. The first-order valence-corrected chi connectivity index (χ1v) is 6.87. The molecule has 1 aliphatic carbocycles. The number of nitrogens with zero attached hydrogens (tertiary/aromatic N) is 1. The Kier molecular flexibility index (Phi) is 4.37. The van der Waals surface area contributed by atoms with E-state index in [2.05, 4.69) is 29.5 Å². The molecule has 0 saturated carbocycles. The smallest absolute Gasteiger partial charge is 0.252 e. The predicted molar refractivity (Wildman–Crippen MR) is 76.4 cm³/mol. The molecule has 1 aliphatic rings. The highest BCUT2D eigenvalue weighted by atomic mass is 16.1. The number of fused-ring (bicyclic) bond motifs is 1. The molecule has 1 aromatic heterocycles. The molecule has 5 heteroatoms. The summed E-state index contributed by atoms with van der Waals surface area (Å²) in [4.78, 5) is 16.0. The average Bonchev–Trinajstić information content (AvgIpc) is 2.80. The number of primary amides is 1. The lowest BCUT2D eigenvalue weighted by Crippen LogP contribution is -2.29. The van der Waals surface area contributed by atoms with Crippen LogP contribution < -0.4 is 16.4 Å². The molecule has 5 nitrogen and oxygen atoms in total. The summed E-state index contributed by atoms with van der Waals surface area (Å²) >= 11 is 0. The molecule has 2 rings (SSSR count). The zero-order chi connectivity index (χ0) is 13.8. The highest BCUT2D eigenvalue weighted by Crippen LogP contribution is 2.24. The van der Waals surface area contributed by atoms with E-state index in [4.69, 9.17) is 5.73 Å². The lowest BCUT2D eigenvalue weighted by Gasteiger charge is -2.13. The highest BCUT2D eigenvalue weighted by molar-refractivity contribution is 5.97. The summed E-state index contributed by atoms with van der Waals surface area (Å²) in [6, 6.07) is 2.35. The van der Waals surface area contributed by atoms with E-state index in [1.807, 2.05) is 6.07 Å². The van der Waals surface area contributed by atoms with E-state index >= 15 is 0 Å². The molecule has 0 aromatic carbocycles. The van der Waals surface area contributed by atoms with E-state index < -0.39 is 5.91 Å². The van der Waals surface area contributed by atoms with E-state index in [0.717, 1.165) is 38.0 Å². The molecule has 0 atom stereocenters. The summed E-state index contributed by atoms with van der Waals surface area (Å²) in [5.74, 6) is 0.209. The largest absolute Gasteiger partial charge is 0.368 e. The second-order valence-corrected chi connectivity index (χ2v) is 5.24. The summed E-state index contributed by atoms with van der Waals surface area (Å²) in [5.41, 5.74) is 8.20. The lowest BCUT2D eigenvalue weighted by atomic mass is 10.1. The van der Waals surface area contributed by atoms with E-state index in [0.29, 0.717) is 17.4 Å². The first-order valence-electron chi connectivity index (χ1n) is 6.87. The SMILES string of the molecule is CC(C)NCCNc1nc2c(cc1C(N)=O)CCC2. The van der Waals surface area contributed by atoms with Crippen LogP contribution in [0.1, 0.15) is 41.9 Å². The van der Waals surface area contributed by atoms with E-state index in [1.165, 1.54) is 5.56 Å². The fourth-order valence-electron chi connectivity index (χ4n) is 2.34. The molecular weight excluding hydrogens is 240 g/mol. The van der Waals surface area contributed by atoms with Gasteiger partial charge < -0.3 is 16.4 Å². The van der Waals surface area contributed by atoms with Crippen molar-refractivity contribution >= 4 is 11.7 Å². The van der Waals surface area contributed by atoms with Crippen LogP contribution in [-0.2, 0) is 12.8 Å². The highest BCUT2D eigenvalue weighted by Gasteiger charge is 2.18. The van der Waals surface area contributed by atoms with Crippen molar-refractivity contribution in [2.24, 2.45) is 5.73 Å². The number of aromatic nitrogens is 1. The number of amides is 1. The Morgan fingerprint density at radius 1 is 1.42 bits per heavy atom. The van der Waals surface area contributed by atoms with Crippen molar-refractivity contribution in [3.63, 3.8) is 0 Å². The van der Waals surface area contributed by atoms with E-state index in [9.17, 15) is 4.79 Å². The van der Waals surface area contributed by atoms with Gasteiger partial charge in [-0.25, -0.2) is 4.98 Å². The molecule has 0 spiro atoms. The number of carbonyl (C=O) groups is 1. The monoisotopic (exact) mass is 262 g/mol. The number of hydrogen-bond acceptors (Lipinski definition) is 4. The van der Waals surface area contributed by atoms with Gasteiger partial charge in [0.1, 0.15) is 5.82 Å². The van der Waals surface area contributed by atoms with E-state index in [1.54, 1.807) is 0 Å². The summed E-state index contributed by atoms with van der Waals surface area (Å²) in [6.45, 7) is 5.75. The quantitative estimate of drug-likeness (QED) is 0.670. The molecule has 104 valence electrons. The number of carbonyl (C=O) groups excluding carboxylic acids is 1. The fraction of sp³-hybridized carbons (Fsp3) is 0.571. The van der Waals surface area contributed by atoms with Crippen molar-refractivity contribution in [3.05, 3.63) is 22.9 Å². The molecule has 0 radical (unpaired) electrons. The molecule has 1 amide bonds. The Balaban J connectivity index is 2.08. The van der Waals surface area contributed by atoms with Crippen LogP contribution in [0.15, 0.2) is 6.07 Å². The fourth-order valence-corrected chi connectivity index (χ4v) is 2.34. The Hall–Kier alpha value is -1.62. The van der Waals surface area contributed by atoms with Gasteiger partial charge in [-0.15, -0.1) is 0 Å². The Bertz CT molecular complexity index is 471. The maximum atomic E-state index is 11.5. The molecule has 19 heavy (non-hydrogen) atoms. The van der Waals surface area contributed by atoms with Crippen molar-refractivity contribution in [1.29, 1.82) is 0 Å². The van der Waals surface area contributed by atoms with Crippen LogP contribution in [-0.4, -0.2) is 30.0 Å². The van der Waals surface area contributed by atoms with Crippen LogP contribution in [0.25, 0.3) is 0 Å². The Morgan fingerprint density at radius 2 is 2.21 bits per heavy atom. The third-order valence-corrected chi connectivity index (χ3v) is 3.29. The minimum Gasteiger partial charge on any atom is -0.368 e. The van der Waals surface area contributed by atoms with Crippen LogP contribution in [0.3, 0.4) is 0 Å². The van der Waals surface area contributed by atoms with Crippen molar-refractivity contribution in [2.75, 3.05) is 18.4 Å². The van der Waals surface area contributed by atoms with Gasteiger partial charge in [-0.2, -0.15) is 0 Å². The number of pyridine rings is 1. The van der Waals surface area contributed by atoms with Gasteiger partial charge >= 0.3 is 0 Å². The molecule has 0 fully saturated rings. The van der Waals surface area contributed by atoms with Gasteiger partial charge in [-0.05, 0) is 30.9 Å². The second kappa shape index (κ2) is 6.02. The van der Waals surface area contributed by atoms with Gasteiger partial charge in [-0.3, -0.25) is 4.79 Å². The van der Waals surface area contributed by atoms with Gasteiger partial charge in [0.2, 0.25) is 0 Å². The first kappa shape index (κ1) is 13.8. The van der Waals surface area contributed by atoms with Crippen molar-refractivity contribution in [1.82, 2.24) is 10.3 Å². The maximum Gasteiger partial charge on any atom is 0.252 e. The summed E-state index contributed by atoms with van der Waals surface area (Å²) < 4.78 is 0. The zero-order valence-corrected chi connectivity index (χ0v) is 11.6. The number of nitrogens with one attached hydrogen (secondary N) is 2. The number of aryl methyl sites for hydroxylation is 2. The molecular formula is C14H22N4O. The summed E-state index contributed by atoms with van der Waals surface area (Å²) in [6.07, 6.45) is 3.10. The van der Waals surface area contributed by atoms with Crippen molar-refractivity contribution in [3.8, 4) is 0 Å². The number of anilines is 1. The predicted octanol–water partition coefficient (Wildman–Crippen LogP) is 1.08. The number of rotatable bonds is 6. The average molecular weight is 262 g/mol. The van der Waals surface area contributed by atoms with Crippen LogP contribution >= 0.6 is 0 Å². The normalized spacial score (nSPS) is 13.6. The van der Waals surface area contributed by atoms with Crippen molar-refractivity contribution < 1.29 is 4.79 Å². The summed E-state index contributed by atoms with van der Waals surface area (Å²) in [5, 5.41) is 6.52. The van der Waals surface area contributed by atoms with E-state index in [-0.39, 0.29) is 0 Å². The van der Waals surface area contributed by atoms with Crippen LogP contribution in [0.4, 0.5) is 5.82 Å². The van der Waals surface area contributed by atoms with Gasteiger partial charge in [0.25, 0.3) is 5.91 Å². The third-order valence-electron chi connectivity index (χ3n) is 3.29. The maximum absolute atomic E-state index is 11.5. The Morgan fingerprint density at radius 3 is 2.89 bits per heavy atom. The van der Waals surface area contributed by atoms with Crippen LogP contribution in [0.2, 0.25) is 0 Å². The van der Waals surface area contributed by atoms with Gasteiger partial charge in [0, 0.05) is 24.8 Å². The second-order valence-electron chi connectivity index (χ2n) is 5.24. The summed E-state index contributed by atoms with van der Waals surface area (Å²) in [7, 11) is 0. The van der Waals surface area contributed by atoms with Crippen LogP contribution in [0.5, 0.6) is 0 Å².